The zero-order valence-electron chi connectivity index (χ0n) is 6.59. The minimum absolute atomic E-state index is 0.214. The number of carbonyl (C=O) groups is 1. The van der Waals surface area contributed by atoms with Crippen molar-refractivity contribution in [1.29, 1.82) is 0 Å². The highest BCUT2D eigenvalue weighted by molar-refractivity contribution is 6.00. The maximum absolute atomic E-state index is 11.2. The van der Waals surface area contributed by atoms with Gasteiger partial charge in [-0.15, -0.1) is 0 Å². The highest BCUT2D eigenvalue weighted by Crippen LogP contribution is 2.17. The van der Waals surface area contributed by atoms with E-state index in [1.165, 1.54) is 0 Å². The van der Waals surface area contributed by atoms with Crippen molar-refractivity contribution in [1.82, 2.24) is 14.9 Å². The van der Waals surface area contributed by atoms with Crippen molar-refractivity contribution in [2.24, 2.45) is 7.05 Å². The normalized spacial score (nSPS) is 15.1. The van der Waals surface area contributed by atoms with Gasteiger partial charge in [0.1, 0.15) is 11.6 Å². The predicted molar refractivity (Wildman–Crippen MR) is 43.4 cm³/mol. The Kier molecular flexibility index (Phi) is 1.21. The van der Waals surface area contributed by atoms with E-state index in [9.17, 15) is 4.79 Å². The van der Waals surface area contributed by atoms with Crippen molar-refractivity contribution in [3.05, 3.63) is 24.4 Å². The van der Waals surface area contributed by atoms with Crippen LogP contribution in [0.4, 0.5) is 5.82 Å². The van der Waals surface area contributed by atoms with Crippen LogP contribution in [0.2, 0.25) is 0 Å². The third-order valence-corrected chi connectivity index (χ3v) is 1.69. The fraction of sp³-hybridized carbons (Fsp3) is 0.143. The third kappa shape index (κ3) is 0.795. The lowest BCUT2D eigenvalue weighted by Crippen LogP contribution is -2.32. The highest BCUT2D eigenvalue weighted by atomic mass is 16.2. The Balaban J connectivity index is 2.57. The van der Waals surface area contributed by atoms with Gasteiger partial charge in [-0.3, -0.25) is 4.79 Å². The van der Waals surface area contributed by atoms with Gasteiger partial charge in [0.15, 0.2) is 5.69 Å². The summed E-state index contributed by atoms with van der Waals surface area (Å²) in [6, 6.07) is 0. The molecule has 0 aromatic carbocycles. The second-order valence-corrected chi connectivity index (χ2v) is 2.61. The maximum Gasteiger partial charge on any atom is 0.279 e. The molecule has 2 rings (SSSR count). The fourth-order valence-corrected chi connectivity index (χ4v) is 1.11. The molecule has 1 aliphatic rings. The first-order valence-corrected chi connectivity index (χ1v) is 3.47. The molecule has 0 spiro atoms. The van der Waals surface area contributed by atoms with E-state index in [4.69, 9.17) is 0 Å². The van der Waals surface area contributed by atoms with E-state index in [0.717, 1.165) is 0 Å². The summed E-state index contributed by atoms with van der Waals surface area (Å²) in [6.07, 6.45) is 1.58. The van der Waals surface area contributed by atoms with Gasteiger partial charge in [0.2, 0.25) is 0 Å². The molecule has 62 valence electrons. The standard InChI is InChI=1S/C7H8N4O/c1-4-9-6-5(7(12)10-4)8-3-11(6)2/h3,9H,1H2,2H3,(H,10,12). The molecule has 12 heavy (non-hydrogen) atoms. The van der Waals surface area contributed by atoms with Crippen LogP contribution in [0.5, 0.6) is 0 Å². The van der Waals surface area contributed by atoms with Crippen molar-refractivity contribution < 1.29 is 4.79 Å². The van der Waals surface area contributed by atoms with Crippen LogP contribution < -0.4 is 10.6 Å². The topological polar surface area (TPSA) is 59.0 Å². The number of hydrogen-bond acceptors (Lipinski definition) is 3. The molecule has 0 saturated heterocycles. The van der Waals surface area contributed by atoms with Crippen molar-refractivity contribution in [3.8, 4) is 0 Å². The molecule has 2 heterocycles. The second-order valence-electron chi connectivity index (χ2n) is 2.61. The SMILES string of the molecule is C=C1NC(=O)c2ncn(C)c2N1. The van der Waals surface area contributed by atoms with E-state index < -0.39 is 0 Å². The van der Waals surface area contributed by atoms with Gasteiger partial charge in [-0.25, -0.2) is 4.98 Å². The monoisotopic (exact) mass is 164 g/mol. The first-order chi connectivity index (χ1) is 5.68. The summed E-state index contributed by atoms with van der Waals surface area (Å²) in [5.41, 5.74) is 0.407. The molecule has 2 N–H and O–H groups in total. The fourth-order valence-electron chi connectivity index (χ4n) is 1.11. The van der Waals surface area contributed by atoms with Crippen molar-refractivity contribution in [2.45, 2.75) is 0 Å². The van der Waals surface area contributed by atoms with Gasteiger partial charge < -0.3 is 15.2 Å². The Labute approximate surface area is 69.1 Å². The van der Waals surface area contributed by atoms with Crippen LogP contribution in [0.3, 0.4) is 0 Å². The Hall–Kier alpha value is -1.78. The molecule has 0 atom stereocenters. The molecule has 5 heteroatoms. The summed E-state index contributed by atoms with van der Waals surface area (Å²) < 4.78 is 1.74. The van der Waals surface area contributed by atoms with E-state index in [1.807, 2.05) is 7.05 Å². The zero-order valence-corrected chi connectivity index (χ0v) is 6.59. The highest BCUT2D eigenvalue weighted by Gasteiger charge is 2.22. The Bertz CT molecular complexity index is 365. The number of aromatic nitrogens is 2. The van der Waals surface area contributed by atoms with Gasteiger partial charge in [-0.05, 0) is 0 Å². The lowest BCUT2D eigenvalue weighted by Gasteiger charge is -2.16. The predicted octanol–water partition coefficient (Wildman–Crippen LogP) is 0.0466. The number of carbonyl (C=O) groups excluding carboxylic acids is 1. The quantitative estimate of drug-likeness (QED) is 0.569. The number of fused-ring (bicyclic) bond motifs is 1. The van der Waals surface area contributed by atoms with E-state index >= 15 is 0 Å². The average Bonchev–Trinajstić information content (AvgIpc) is 2.33. The summed E-state index contributed by atoms with van der Waals surface area (Å²) in [5, 5.41) is 5.44. The molecule has 0 fully saturated rings. The second kappa shape index (κ2) is 2.10. The van der Waals surface area contributed by atoms with Crippen LogP contribution in [0.1, 0.15) is 10.5 Å². The molecule has 1 aliphatic heterocycles. The van der Waals surface area contributed by atoms with Crippen LogP contribution in [0, 0.1) is 0 Å². The molecule has 0 saturated carbocycles. The number of hydrogen-bond donors (Lipinski definition) is 2. The van der Waals surface area contributed by atoms with Crippen LogP contribution >= 0.6 is 0 Å². The van der Waals surface area contributed by atoms with Gasteiger partial charge in [-0.1, -0.05) is 6.58 Å². The van der Waals surface area contributed by atoms with E-state index in [-0.39, 0.29) is 5.91 Å². The number of nitrogens with zero attached hydrogens (tertiary/aromatic N) is 2. The smallest absolute Gasteiger partial charge is 0.279 e. The van der Waals surface area contributed by atoms with Gasteiger partial charge >= 0.3 is 0 Å². The van der Waals surface area contributed by atoms with E-state index in [2.05, 4.69) is 22.2 Å². The van der Waals surface area contributed by atoms with Crippen molar-refractivity contribution in [3.63, 3.8) is 0 Å². The summed E-state index contributed by atoms with van der Waals surface area (Å²) in [5.74, 6) is 0.953. The maximum atomic E-state index is 11.2. The number of nitrogens with one attached hydrogen (secondary N) is 2. The Morgan fingerprint density at radius 2 is 2.33 bits per heavy atom. The molecule has 0 radical (unpaired) electrons. The van der Waals surface area contributed by atoms with Gasteiger partial charge in [0, 0.05) is 7.05 Å². The molecular formula is C7H8N4O. The minimum Gasteiger partial charge on any atom is -0.326 e. The molecule has 1 aromatic heterocycles. The molecule has 0 bridgehead atoms. The van der Waals surface area contributed by atoms with Gasteiger partial charge in [0.05, 0.1) is 6.33 Å². The van der Waals surface area contributed by atoms with Crippen LogP contribution in [0.15, 0.2) is 18.7 Å². The number of amides is 1. The third-order valence-electron chi connectivity index (χ3n) is 1.69. The summed E-state index contributed by atoms with van der Waals surface area (Å²) in [4.78, 5) is 15.1. The number of rotatable bonds is 0. The molecular weight excluding hydrogens is 156 g/mol. The largest absolute Gasteiger partial charge is 0.326 e. The Morgan fingerprint density at radius 1 is 1.58 bits per heavy atom. The lowest BCUT2D eigenvalue weighted by atomic mass is 10.3. The van der Waals surface area contributed by atoms with Crippen LogP contribution in [-0.2, 0) is 7.05 Å². The number of imidazole rings is 1. The van der Waals surface area contributed by atoms with Gasteiger partial charge in [-0.2, -0.15) is 0 Å². The minimum atomic E-state index is -0.214. The Morgan fingerprint density at radius 3 is 3.08 bits per heavy atom. The van der Waals surface area contributed by atoms with Crippen LogP contribution in [0.25, 0.3) is 0 Å². The first-order valence-electron chi connectivity index (χ1n) is 3.47. The summed E-state index contributed by atoms with van der Waals surface area (Å²) in [6.45, 7) is 3.60. The van der Waals surface area contributed by atoms with Crippen LogP contribution in [-0.4, -0.2) is 15.5 Å². The lowest BCUT2D eigenvalue weighted by molar-refractivity contribution is 0.0959. The zero-order chi connectivity index (χ0) is 8.72. The summed E-state index contributed by atoms with van der Waals surface area (Å²) >= 11 is 0. The number of aryl methyl sites for hydroxylation is 1. The van der Waals surface area contributed by atoms with Gasteiger partial charge in [0.25, 0.3) is 5.91 Å². The molecule has 5 nitrogen and oxygen atoms in total. The van der Waals surface area contributed by atoms with Crippen molar-refractivity contribution in [2.75, 3.05) is 5.32 Å². The van der Waals surface area contributed by atoms with Crippen molar-refractivity contribution >= 4 is 11.7 Å². The first kappa shape index (κ1) is 6.90. The average molecular weight is 164 g/mol. The molecule has 0 aliphatic carbocycles. The number of anilines is 1. The van der Waals surface area contributed by atoms with E-state index in [1.54, 1.807) is 10.9 Å². The molecule has 1 aromatic rings. The van der Waals surface area contributed by atoms with E-state index in [0.29, 0.717) is 17.3 Å². The molecule has 0 unspecified atom stereocenters. The summed E-state index contributed by atoms with van der Waals surface area (Å²) in [7, 11) is 1.81. The molecule has 1 amide bonds.